The molecule has 2 fully saturated rings. The summed E-state index contributed by atoms with van der Waals surface area (Å²) in [5.74, 6) is -0.438. The van der Waals surface area contributed by atoms with Gasteiger partial charge in [0.05, 0.1) is 18.5 Å². The second kappa shape index (κ2) is 13.0. The lowest BCUT2D eigenvalue weighted by atomic mass is 9.87. The molecule has 2 amide bonds. The quantitative estimate of drug-likeness (QED) is 0.171. The number of rotatable bonds is 9. The summed E-state index contributed by atoms with van der Waals surface area (Å²) in [5, 5.41) is 21.5. The van der Waals surface area contributed by atoms with Gasteiger partial charge >= 0.3 is 12.0 Å². The average molecular weight is 692 g/mol. The van der Waals surface area contributed by atoms with Crippen molar-refractivity contribution in [1.82, 2.24) is 14.1 Å². The molecular formula is C35H41N5O6S2. The second-order valence-electron chi connectivity index (χ2n) is 13.7. The van der Waals surface area contributed by atoms with E-state index in [9.17, 15) is 23.1 Å². The summed E-state index contributed by atoms with van der Waals surface area (Å²) in [7, 11) is -2.61. The summed E-state index contributed by atoms with van der Waals surface area (Å²) in [6.07, 6.45) is 3.80. The van der Waals surface area contributed by atoms with Crippen molar-refractivity contribution in [3.8, 4) is 11.4 Å². The van der Waals surface area contributed by atoms with Crippen LogP contribution in [0.4, 0.5) is 16.3 Å². The van der Waals surface area contributed by atoms with E-state index < -0.39 is 16.0 Å². The highest BCUT2D eigenvalue weighted by Gasteiger charge is 2.48. The Bertz CT molecular complexity index is 1910. The number of aryl methyl sites for hydroxylation is 1. The van der Waals surface area contributed by atoms with Crippen molar-refractivity contribution in [2.24, 2.45) is 5.92 Å². The number of ether oxygens (including phenoxy) is 1. The molecule has 0 saturated carbocycles. The number of carbonyl (C=O) groups excluding carboxylic acids is 1. The van der Waals surface area contributed by atoms with Gasteiger partial charge in [-0.15, -0.1) is 11.3 Å². The molecule has 2 bridgehead atoms. The zero-order chi connectivity index (χ0) is 34.4. The highest BCUT2D eigenvalue weighted by Crippen LogP contribution is 2.46. The van der Waals surface area contributed by atoms with E-state index in [-0.39, 0.29) is 39.1 Å². The Morgan fingerprint density at radius 3 is 2.25 bits per heavy atom. The maximum Gasteiger partial charge on any atom is 0.340 e. The number of hydrogen-bond acceptors (Lipinski definition) is 7. The van der Waals surface area contributed by atoms with Crippen LogP contribution in [-0.4, -0.2) is 58.8 Å². The number of piperidine rings is 1. The number of hydrogen-bond donors (Lipinski definition) is 3. The first-order valence-electron chi connectivity index (χ1n) is 16.0. The topological polar surface area (TPSA) is 143 Å². The van der Waals surface area contributed by atoms with E-state index in [1.807, 2.05) is 61.5 Å². The number of carboxylic acid groups (broad SMARTS) is 1. The van der Waals surface area contributed by atoms with Gasteiger partial charge in [0.15, 0.2) is 9.96 Å². The van der Waals surface area contributed by atoms with Crippen LogP contribution >= 0.6 is 11.3 Å². The number of nitrogens with one attached hydrogen (secondary N) is 2. The summed E-state index contributed by atoms with van der Waals surface area (Å²) >= 11 is 0.898. The van der Waals surface area contributed by atoms with E-state index in [1.54, 1.807) is 8.99 Å². The van der Waals surface area contributed by atoms with Crippen LogP contribution in [0.1, 0.15) is 73.6 Å². The Labute approximate surface area is 285 Å². The van der Waals surface area contributed by atoms with Crippen LogP contribution in [0.5, 0.6) is 5.75 Å². The van der Waals surface area contributed by atoms with Gasteiger partial charge in [0, 0.05) is 34.6 Å². The smallest absolute Gasteiger partial charge is 0.340 e. The van der Waals surface area contributed by atoms with Gasteiger partial charge in [0.25, 0.3) is 10.0 Å². The molecule has 11 nitrogen and oxygen atoms in total. The number of anilines is 2. The fourth-order valence-corrected chi connectivity index (χ4v) is 10.2. The Morgan fingerprint density at radius 2 is 1.67 bits per heavy atom. The number of methoxy groups -OCH3 is 1. The Morgan fingerprint density at radius 1 is 1.02 bits per heavy atom. The van der Waals surface area contributed by atoms with E-state index >= 15 is 0 Å². The van der Waals surface area contributed by atoms with Gasteiger partial charge in [-0.3, -0.25) is 5.32 Å². The summed E-state index contributed by atoms with van der Waals surface area (Å²) in [4.78, 5) is 24.7. The molecule has 2 aromatic heterocycles. The van der Waals surface area contributed by atoms with Crippen LogP contribution in [0.2, 0.25) is 0 Å². The normalized spacial score (nSPS) is 19.6. The molecule has 2 aliphatic heterocycles. The van der Waals surface area contributed by atoms with Gasteiger partial charge < -0.3 is 15.2 Å². The van der Waals surface area contributed by atoms with Crippen LogP contribution in [0.15, 0.2) is 64.2 Å². The number of aromatic carboxylic acids is 1. The molecule has 48 heavy (non-hydrogen) atoms. The van der Waals surface area contributed by atoms with Crippen molar-refractivity contribution in [1.29, 1.82) is 0 Å². The molecule has 0 spiro atoms. The highest BCUT2D eigenvalue weighted by atomic mass is 32.2. The fraction of sp³-hybridized carbons (Fsp3) is 0.400. The molecule has 4 aromatic rings. The van der Waals surface area contributed by atoms with Crippen molar-refractivity contribution in [2.45, 2.75) is 81.5 Å². The Hall–Kier alpha value is -4.20. The van der Waals surface area contributed by atoms with E-state index in [4.69, 9.17) is 9.84 Å². The third-order valence-electron chi connectivity index (χ3n) is 9.16. The molecule has 4 heterocycles. The standard InChI is InChI=1S/C35H41N5O6S2/c1-21-6-12-25(13-7-21)39-30(19-29(38-39)35(2,3)4)37-34(43)36-24-10-8-22(9-11-24)16-23-17-26-14-15-27(18-23)40(26)48(44,45)33-31(46-5)28(20-47-33)32(41)42/h6-13,19-20,23,26-27H,14-18H2,1-5H3,(H,41,42)(H2,36,37,43). The lowest BCUT2D eigenvalue weighted by Gasteiger charge is -2.37. The summed E-state index contributed by atoms with van der Waals surface area (Å²) < 4.78 is 36.0. The van der Waals surface area contributed by atoms with Crippen LogP contribution < -0.4 is 15.4 Å². The van der Waals surface area contributed by atoms with Gasteiger partial charge in [-0.05, 0) is 74.8 Å². The molecule has 0 aliphatic carbocycles. The SMILES string of the molecule is COc1c(C(=O)O)csc1S(=O)(=O)N1C2CCC1CC(Cc1ccc(NC(=O)Nc3cc(C(C)(C)C)nn3-c3ccc(C)cc3)cc1)C2. The first-order chi connectivity index (χ1) is 22.7. The number of carbonyl (C=O) groups is 2. The van der Waals surface area contributed by atoms with Gasteiger partial charge in [0.2, 0.25) is 0 Å². The molecule has 0 radical (unpaired) electrons. The molecule has 3 N–H and O–H groups in total. The molecular weight excluding hydrogens is 651 g/mol. The minimum Gasteiger partial charge on any atom is -0.494 e. The third-order valence-corrected chi connectivity index (χ3v) is 12.6. The van der Waals surface area contributed by atoms with Gasteiger partial charge in [0.1, 0.15) is 11.4 Å². The summed E-state index contributed by atoms with van der Waals surface area (Å²) in [5.41, 5.74) is 4.27. The number of carboxylic acids is 1. The Balaban J connectivity index is 1.09. The molecule has 2 unspecified atom stereocenters. The van der Waals surface area contributed by atoms with E-state index in [2.05, 4.69) is 31.4 Å². The molecule has 2 atom stereocenters. The first-order valence-corrected chi connectivity index (χ1v) is 18.3. The molecule has 13 heteroatoms. The van der Waals surface area contributed by atoms with Crippen molar-refractivity contribution in [3.05, 3.63) is 82.4 Å². The molecule has 2 aromatic carbocycles. The van der Waals surface area contributed by atoms with E-state index in [0.29, 0.717) is 17.4 Å². The molecule has 254 valence electrons. The van der Waals surface area contributed by atoms with Crippen molar-refractivity contribution in [3.63, 3.8) is 0 Å². The fourth-order valence-electron chi connectivity index (χ4n) is 6.81. The van der Waals surface area contributed by atoms with Crippen LogP contribution in [0.25, 0.3) is 5.69 Å². The maximum atomic E-state index is 13.7. The second-order valence-corrected chi connectivity index (χ2v) is 16.6. The van der Waals surface area contributed by atoms with Crippen LogP contribution in [0, 0.1) is 12.8 Å². The van der Waals surface area contributed by atoms with E-state index in [1.165, 1.54) is 12.5 Å². The molecule has 2 saturated heterocycles. The predicted molar refractivity (Wildman–Crippen MR) is 186 cm³/mol. The number of nitrogens with zero attached hydrogens (tertiary/aromatic N) is 3. The van der Waals surface area contributed by atoms with Crippen molar-refractivity contribution in [2.75, 3.05) is 17.7 Å². The zero-order valence-corrected chi connectivity index (χ0v) is 29.3. The maximum absolute atomic E-state index is 13.7. The number of amides is 2. The number of aromatic nitrogens is 2. The summed E-state index contributed by atoms with van der Waals surface area (Å²) in [6.45, 7) is 8.27. The van der Waals surface area contributed by atoms with Gasteiger partial charge in [-0.25, -0.2) is 22.7 Å². The number of sulfonamides is 1. The third kappa shape index (κ3) is 6.71. The number of urea groups is 1. The largest absolute Gasteiger partial charge is 0.494 e. The lowest BCUT2D eigenvalue weighted by Crippen LogP contribution is -2.46. The predicted octanol–water partition coefficient (Wildman–Crippen LogP) is 7.06. The van der Waals surface area contributed by atoms with Crippen molar-refractivity contribution >= 4 is 44.9 Å². The first kappa shape index (κ1) is 33.7. The number of benzene rings is 2. The van der Waals surface area contributed by atoms with E-state index in [0.717, 1.165) is 65.9 Å². The van der Waals surface area contributed by atoms with Crippen LogP contribution in [0.3, 0.4) is 0 Å². The average Bonchev–Trinajstić information content (AvgIpc) is 3.73. The Kier molecular flexibility index (Phi) is 9.14. The van der Waals surface area contributed by atoms with Gasteiger partial charge in [-0.1, -0.05) is 50.6 Å². The molecule has 2 aliphatic rings. The minimum absolute atomic E-state index is 0.0425. The van der Waals surface area contributed by atoms with Gasteiger partial charge in [-0.2, -0.15) is 9.40 Å². The highest BCUT2D eigenvalue weighted by molar-refractivity contribution is 7.91. The monoisotopic (exact) mass is 691 g/mol. The van der Waals surface area contributed by atoms with Crippen LogP contribution in [-0.2, 0) is 21.9 Å². The lowest BCUT2D eigenvalue weighted by molar-refractivity contribution is 0.0693. The zero-order valence-electron chi connectivity index (χ0n) is 27.7. The minimum atomic E-state index is -3.90. The number of thiophene rings is 1. The van der Waals surface area contributed by atoms with Crippen molar-refractivity contribution < 1.29 is 27.9 Å². The number of fused-ring (bicyclic) bond motifs is 2. The molecule has 6 rings (SSSR count). The summed E-state index contributed by atoms with van der Waals surface area (Å²) in [6, 6.07) is 17.0.